The average molecular weight is 465 g/mol. The normalized spacial score (nSPS) is 24.3. The standard InChI is InChI=1S/C25H28N4O3S/c1-17(29-24(31)20-9-5-6-10-21(20)25(29)32)23(30)28-13-11-27(12-14-28)15-19-16-33-22(26-19)18-7-3-2-4-8-18/h2-8,16-17,20-21H,9-15H2,1H3/t17-,20-,21+/m0/s1. The molecule has 0 bridgehead atoms. The number of fused-ring (bicyclic) bond motifs is 1. The van der Waals surface area contributed by atoms with Crippen molar-refractivity contribution in [1.82, 2.24) is 19.7 Å². The van der Waals surface area contributed by atoms with E-state index in [1.54, 1.807) is 23.2 Å². The summed E-state index contributed by atoms with van der Waals surface area (Å²) in [6.07, 6.45) is 5.11. The summed E-state index contributed by atoms with van der Waals surface area (Å²) >= 11 is 1.65. The van der Waals surface area contributed by atoms with Gasteiger partial charge in [-0.25, -0.2) is 4.98 Å². The van der Waals surface area contributed by atoms with E-state index in [1.165, 1.54) is 4.90 Å². The summed E-state index contributed by atoms with van der Waals surface area (Å²) in [5.74, 6) is -1.11. The number of hydrogen-bond acceptors (Lipinski definition) is 6. The van der Waals surface area contributed by atoms with Gasteiger partial charge in [-0.3, -0.25) is 24.2 Å². The molecule has 0 spiro atoms. The lowest BCUT2D eigenvalue weighted by molar-refractivity contribution is -0.151. The van der Waals surface area contributed by atoms with Gasteiger partial charge >= 0.3 is 0 Å². The molecule has 33 heavy (non-hydrogen) atoms. The van der Waals surface area contributed by atoms with Crippen LogP contribution in [0.25, 0.3) is 10.6 Å². The van der Waals surface area contributed by atoms with Crippen molar-refractivity contribution < 1.29 is 14.4 Å². The minimum absolute atomic E-state index is 0.136. The van der Waals surface area contributed by atoms with Crippen molar-refractivity contribution in [3.63, 3.8) is 0 Å². The Balaban J connectivity index is 1.16. The number of carbonyl (C=O) groups excluding carboxylic acids is 3. The van der Waals surface area contributed by atoms with Gasteiger partial charge in [0.25, 0.3) is 0 Å². The Labute approximate surface area is 197 Å². The third-order valence-electron chi connectivity index (χ3n) is 6.93. The fraction of sp³-hybridized carbons (Fsp3) is 0.440. The van der Waals surface area contributed by atoms with Crippen molar-refractivity contribution in [3.05, 3.63) is 53.6 Å². The highest BCUT2D eigenvalue weighted by atomic mass is 32.1. The molecule has 2 aromatic rings. The molecule has 1 aromatic heterocycles. The van der Waals surface area contributed by atoms with Crippen molar-refractivity contribution in [3.8, 4) is 10.6 Å². The molecular formula is C25H28N4O3S. The summed E-state index contributed by atoms with van der Waals surface area (Å²) in [6.45, 7) is 5.10. The third-order valence-corrected chi connectivity index (χ3v) is 7.87. The van der Waals surface area contributed by atoms with Gasteiger partial charge in [-0.15, -0.1) is 11.3 Å². The van der Waals surface area contributed by atoms with Crippen LogP contribution >= 0.6 is 11.3 Å². The number of thiazole rings is 1. The van der Waals surface area contributed by atoms with Crippen molar-refractivity contribution in [1.29, 1.82) is 0 Å². The summed E-state index contributed by atoms with van der Waals surface area (Å²) in [5, 5.41) is 3.12. The zero-order valence-electron chi connectivity index (χ0n) is 18.7. The number of benzene rings is 1. The fourth-order valence-corrected chi connectivity index (χ4v) is 5.85. The van der Waals surface area contributed by atoms with E-state index >= 15 is 0 Å². The highest BCUT2D eigenvalue weighted by Gasteiger charge is 2.50. The van der Waals surface area contributed by atoms with E-state index in [4.69, 9.17) is 4.98 Å². The van der Waals surface area contributed by atoms with E-state index in [9.17, 15) is 14.4 Å². The lowest BCUT2D eigenvalue weighted by Gasteiger charge is -2.36. The van der Waals surface area contributed by atoms with Crippen molar-refractivity contribution >= 4 is 29.1 Å². The largest absolute Gasteiger partial charge is 0.338 e. The molecule has 3 atom stereocenters. The summed E-state index contributed by atoms with van der Waals surface area (Å²) in [5.41, 5.74) is 2.16. The molecule has 2 fully saturated rings. The second kappa shape index (κ2) is 9.19. The molecule has 5 rings (SSSR count). The minimum atomic E-state index is -0.742. The highest BCUT2D eigenvalue weighted by molar-refractivity contribution is 7.13. The molecule has 3 aliphatic rings. The monoisotopic (exact) mass is 464 g/mol. The molecule has 0 N–H and O–H groups in total. The van der Waals surface area contributed by atoms with Gasteiger partial charge in [0, 0.05) is 43.7 Å². The first kappa shape index (κ1) is 22.0. The van der Waals surface area contributed by atoms with Crippen LogP contribution in [0.1, 0.15) is 25.5 Å². The number of nitrogens with zero attached hydrogens (tertiary/aromatic N) is 4. The third kappa shape index (κ3) is 4.25. The molecule has 0 unspecified atom stereocenters. The molecule has 3 amide bonds. The first-order chi connectivity index (χ1) is 16.0. The van der Waals surface area contributed by atoms with Crippen molar-refractivity contribution in [2.75, 3.05) is 26.2 Å². The average Bonchev–Trinajstić information content (AvgIpc) is 3.42. The van der Waals surface area contributed by atoms with E-state index in [0.717, 1.165) is 35.9 Å². The van der Waals surface area contributed by atoms with E-state index in [1.807, 2.05) is 30.4 Å². The lowest BCUT2D eigenvalue weighted by atomic mass is 9.85. The maximum atomic E-state index is 13.1. The van der Waals surface area contributed by atoms with Gasteiger partial charge in [0.1, 0.15) is 11.0 Å². The lowest BCUT2D eigenvalue weighted by Crippen LogP contribution is -2.55. The number of piperazine rings is 1. The van der Waals surface area contributed by atoms with Crippen LogP contribution in [0.15, 0.2) is 47.9 Å². The predicted octanol–water partition coefficient (Wildman–Crippen LogP) is 2.79. The summed E-state index contributed by atoms with van der Waals surface area (Å²) in [4.78, 5) is 48.9. The minimum Gasteiger partial charge on any atom is -0.338 e. The Kier molecular flexibility index (Phi) is 6.12. The topological polar surface area (TPSA) is 73.8 Å². The van der Waals surface area contributed by atoms with Crippen LogP contribution in [0.2, 0.25) is 0 Å². The first-order valence-electron chi connectivity index (χ1n) is 11.6. The SMILES string of the molecule is C[C@@H](C(=O)N1CCN(Cc2csc(-c3ccccc3)n2)CC1)N1C(=O)[C@H]2CC=CC[C@H]2C1=O. The number of amides is 3. The number of likely N-dealkylation sites (tertiary alicyclic amines) is 1. The van der Waals surface area contributed by atoms with Crippen LogP contribution in [-0.2, 0) is 20.9 Å². The Bertz CT molecular complexity index is 1050. The Morgan fingerprint density at radius 2 is 1.67 bits per heavy atom. The molecule has 0 radical (unpaired) electrons. The van der Waals surface area contributed by atoms with Crippen LogP contribution in [0.5, 0.6) is 0 Å². The van der Waals surface area contributed by atoms with E-state index in [-0.39, 0.29) is 29.6 Å². The van der Waals surface area contributed by atoms with E-state index in [0.29, 0.717) is 25.9 Å². The Morgan fingerprint density at radius 3 is 2.30 bits per heavy atom. The molecule has 2 aliphatic heterocycles. The quantitative estimate of drug-likeness (QED) is 0.503. The molecule has 8 heteroatoms. The first-order valence-corrected chi connectivity index (χ1v) is 12.4. The van der Waals surface area contributed by atoms with Gasteiger partial charge in [0.2, 0.25) is 17.7 Å². The van der Waals surface area contributed by atoms with E-state index < -0.39 is 6.04 Å². The summed E-state index contributed by atoms with van der Waals surface area (Å²) in [7, 11) is 0. The van der Waals surface area contributed by atoms with Gasteiger partial charge in [0.05, 0.1) is 17.5 Å². The molecule has 2 saturated heterocycles. The predicted molar refractivity (Wildman–Crippen MR) is 126 cm³/mol. The van der Waals surface area contributed by atoms with Crippen LogP contribution in [0.3, 0.4) is 0 Å². The van der Waals surface area contributed by atoms with Gasteiger partial charge in [0.15, 0.2) is 0 Å². The smallest absolute Gasteiger partial charge is 0.245 e. The molecular weight excluding hydrogens is 436 g/mol. The zero-order chi connectivity index (χ0) is 22.9. The number of hydrogen-bond donors (Lipinski definition) is 0. The molecule has 0 saturated carbocycles. The fourth-order valence-electron chi connectivity index (χ4n) is 5.03. The number of carbonyl (C=O) groups is 3. The van der Waals surface area contributed by atoms with E-state index in [2.05, 4.69) is 22.4 Å². The maximum absolute atomic E-state index is 13.1. The van der Waals surface area contributed by atoms with Crippen LogP contribution in [0.4, 0.5) is 0 Å². The van der Waals surface area contributed by atoms with Crippen molar-refractivity contribution in [2.45, 2.75) is 32.4 Å². The summed E-state index contributed by atoms with van der Waals surface area (Å²) < 4.78 is 0. The second-order valence-corrected chi connectivity index (χ2v) is 9.85. The van der Waals surface area contributed by atoms with Crippen LogP contribution in [0, 0.1) is 11.8 Å². The molecule has 172 valence electrons. The molecule has 1 aliphatic carbocycles. The summed E-state index contributed by atoms with van der Waals surface area (Å²) in [6, 6.07) is 9.42. The van der Waals surface area contributed by atoms with Gasteiger partial charge in [-0.2, -0.15) is 0 Å². The molecule has 3 heterocycles. The molecule has 7 nitrogen and oxygen atoms in total. The van der Waals surface area contributed by atoms with Crippen LogP contribution < -0.4 is 0 Å². The van der Waals surface area contributed by atoms with Gasteiger partial charge < -0.3 is 4.90 Å². The number of aromatic nitrogens is 1. The molecule has 1 aromatic carbocycles. The van der Waals surface area contributed by atoms with Crippen LogP contribution in [-0.4, -0.2) is 69.6 Å². The number of imide groups is 1. The number of rotatable bonds is 5. The highest BCUT2D eigenvalue weighted by Crippen LogP contribution is 2.36. The van der Waals surface area contributed by atoms with Crippen molar-refractivity contribution in [2.24, 2.45) is 11.8 Å². The van der Waals surface area contributed by atoms with Gasteiger partial charge in [-0.1, -0.05) is 42.5 Å². The van der Waals surface area contributed by atoms with Gasteiger partial charge in [-0.05, 0) is 19.8 Å². The second-order valence-electron chi connectivity index (χ2n) is 8.99. The maximum Gasteiger partial charge on any atom is 0.245 e. The Hall–Kier alpha value is -2.84. The zero-order valence-corrected chi connectivity index (χ0v) is 19.5. The number of allylic oxidation sites excluding steroid dienone is 2. The Morgan fingerprint density at radius 1 is 1.03 bits per heavy atom.